The fraction of sp³-hybridized carbons (Fsp3) is 0.913. The van der Waals surface area contributed by atoms with E-state index in [1.807, 2.05) is 0 Å². The Bertz CT molecular complexity index is 520. The average Bonchev–Trinajstić information content (AvgIpc) is 2.73. The first-order valence-electron chi connectivity index (χ1n) is 12.3. The lowest BCUT2D eigenvalue weighted by molar-refractivity contribution is -0.161. The SMILES string of the molecule is CCCCCCCCCCCC(=O)O[C@H](COC(=O)CCCCCCC)COP(=O)(O)O. The Morgan fingerprint density at radius 1 is 0.688 bits per heavy atom. The quantitative estimate of drug-likeness (QED) is 0.113. The molecule has 9 heteroatoms. The monoisotopic (exact) mass is 480 g/mol. The molecule has 0 aliphatic heterocycles. The van der Waals surface area contributed by atoms with Crippen molar-refractivity contribution in [2.24, 2.45) is 0 Å². The van der Waals surface area contributed by atoms with Crippen LogP contribution in [0.15, 0.2) is 0 Å². The van der Waals surface area contributed by atoms with E-state index in [9.17, 15) is 14.2 Å². The summed E-state index contributed by atoms with van der Waals surface area (Å²) in [5.41, 5.74) is 0. The first-order chi connectivity index (χ1) is 15.3. The highest BCUT2D eigenvalue weighted by molar-refractivity contribution is 7.46. The number of ether oxygens (including phenoxy) is 2. The van der Waals surface area contributed by atoms with Crippen LogP contribution in [0.5, 0.6) is 0 Å². The van der Waals surface area contributed by atoms with Crippen LogP contribution in [-0.4, -0.2) is 41.0 Å². The van der Waals surface area contributed by atoms with E-state index in [0.717, 1.165) is 51.4 Å². The standard InChI is InChI=1S/C23H45O8P/c1-3-5-7-9-10-11-12-14-16-18-23(25)31-21(20-30-32(26,27)28)19-29-22(24)17-15-13-8-6-4-2/h21H,3-20H2,1-2H3,(H2,26,27,28)/t21-/m1/s1. The maximum Gasteiger partial charge on any atom is 0.469 e. The van der Waals surface area contributed by atoms with E-state index in [1.54, 1.807) is 0 Å². The summed E-state index contributed by atoms with van der Waals surface area (Å²) < 4.78 is 25.8. The van der Waals surface area contributed by atoms with Crippen molar-refractivity contribution in [3.8, 4) is 0 Å². The molecule has 0 saturated carbocycles. The largest absolute Gasteiger partial charge is 0.469 e. The molecule has 0 radical (unpaired) electrons. The maximum absolute atomic E-state index is 12.1. The second-order valence-corrected chi connectivity index (χ2v) is 9.56. The molecule has 190 valence electrons. The third-order valence-corrected chi connectivity index (χ3v) is 5.61. The Balaban J connectivity index is 4.14. The summed E-state index contributed by atoms with van der Waals surface area (Å²) in [4.78, 5) is 41.8. The Morgan fingerprint density at radius 3 is 1.59 bits per heavy atom. The van der Waals surface area contributed by atoms with Gasteiger partial charge in [0.15, 0.2) is 6.10 Å². The molecule has 8 nitrogen and oxygen atoms in total. The highest BCUT2D eigenvalue weighted by Gasteiger charge is 2.22. The summed E-state index contributed by atoms with van der Waals surface area (Å²) >= 11 is 0. The molecule has 0 unspecified atom stereocenters. The molecule has 0 heterocycles. The minimum absolute atomic E-state index is 0.216. The summed E-state index contributed by atoms with van der Waals surface area (Å²) in [5, 5.41) is 0. The predicted molar refractivity (Wildman–Crippen MR) is 124 cm³/mol. The van der Waals surface area contributed by atoms with Crippen molar-refractivity contribution in [1.82, 2.24) is 0 Å². The van der Waals surface area contributed by atoms with E-state index in [2.05, 4.69) is 18.4 Å². The molecule has 2 N–H and O–H groups in total. The van der Waals surface area contributed by atoms with Gasteiger partial charge >= 0.3 is 19.8 Å². The Hall–Kier alpha value is -0.950. The molecule has 0 aliphatic rings. The highest BCUT2D eigenvalue weighted by Crippen LogP contribution is 2.35. The molecular formula is C23H45O8P. The topological polar surface area (TPSA) is 119 Å². The molecule has 0 aromatic rings. The molecule has 0 bridgehead atoms. The van der Waals surface area contributed by atoms with Gasteiger partial charge in [0.2, 0.25) is 0 Å². The van der Waals surface area contributed by atoms with Crippen molar-refractivity contribution < 1.29 is 37.9 Å². The van der Waals surface area contributed by atoms with E-state index < -0.39 is 32.5 Å². The Kier molecular flexibility index (Phi) is 20.0. The summed E-state index contributed by atoms with van der Waals surface area (Å²) in [6.45, 7) is 3.50. The number of phosphoric acid groups is 1. The van der Waals surface area contributed by atoms with Gasteiger partial charge in [-0.1, -0.05) is 90.9 Å². The van der Waals surface area contributed by atoms with Crippen LogP contribution in [0.3, 0.4) is 0 Å². The molecule has 0 aromatic heterocycles. The summed E-state index contributed by atoms with van der Waals surface area (Å²) in [6, 6.07) is 0. The minimum atomic E-state index is -4.71. The molecule has 0 aromatic carbocycles. The second kappa shape index (κ2) is 20.6. The van der Waals surface area contributed by atoms with Gasteiger partial charge < -0.3 is 19.3 Å². The molecule has 0 amide bonds. The van der Waals surface area contributed by atoms with Crippen LogP contribution in [-0.2, 0) is 28.2 Å². The summed E-state index contributed by atoms with van der Waals surface area (Å²) in [7, 11) is -4.71. The van der Waals surface area contributed by atoms with Gasteiger partial charge in [-0.15, -0.1) is 0 Å². The molecule has 0 spiro atoms. The lowest BCUT2D eigenvalue weighted by Gasteiger charge is -2.18. The first kappa shape index (κ1) is 31.0. The zero-order chi connectivity index (χ0) is 24.1. The van der Waals surface area contributed by atoms with Gasteiger partial charge in [0.25, 0.3) is 0 Å². The van der Waals surface area contributed by atoms with Gasteiger partial charge in [0.05, 0.1) is 6.61 Å². The number of unbranched alkanes of at least 4 members (excludes halogenated alkanes) is 12. The van der Waals surface area contributed by atoms with Gasteiger partial charge in [-0.25, -0.2) is 4.57 Å². The molecule has 32 heavy (non-hydrogen) atoms. The zero-order valence-electron chi connectivity index (χ0n) is 20.1. The van der Waals surface area contributed by atoms with Crippen molar-refractivity contribution in [1.29, 1.82) is 0 Å². The van der Waals surface area contributed by atoms with Crippen molar-refractivity contribution in [2.45, 2.75) is 123 Å². The predicted octanol–water partition coefficient (Wildman–Crippen LogP) is 5.83. The third kappa shape index (κ3) is 22.3. The molecular weight excluding hydrogens is 435 g/mol. The van der Waals surface area contributed by atoms with Gasteiger partial charge in [-0.05, 0) is 12.8 Å². The third-order valence-electron chi connectivity index (χ3n) is 5.13. The van der Waals surface area contributed by atoms with Crippen LogP contribution in [0.2, 0.25) is 0 Å². The van der Waals surface area contributed by atoms with E-state index >= 15 is 0 Å². The fourth-order valence-corrected chi connectivity index (χ4v) is 3.61. The molecule has 0 saturated heterocycles. The van der Waals surface area contributed by atoms with Crippen LogP contribution in [0.4, 0.5) is 0 Å². The summed E-state index contributed by atoms with van der Waals surface area (Å²) in [5.74, 6) is -0.902. The van der Waals surface area contributed by atoms with Gasteiger partial charge in [0, 0.05) is 12.8 Å². The van der Waals surface area contributed by atoms with Crippen LogP contribution in [0.25, 0.3) is 0 Å². The van der Waals surface area contributed by atoms with Crippen molar-refractivity contribution >= 4 is 19.8 Å². The van der Waals surface area contributed by atoms with E-state index in [1.165, 1.54) is 32.1 Å². The number of esters is 2. The number of carbonyl (C=O) groups excluding carboxylic acids is 2. The van der Waals surface area contributed by atoms with E-state index in [-0.39, 0.29) is 19.4 Å². The van der Waals surface area contributed by atoms with Crippen LogP contribution >= 0.6 is 7.82 Å². The molecule has 0 fully saturated rings. The maximum atomic E-state index is 12.1. The second-order valence-electron chi connectivity index (χ2n) is 8.32. The van der Waals surface area contributed by atoms with Crippen molar-refractivity contribution in [3.63, 3.8) is 0 Å². The van der Waals surface area contributed by atoms with Crippen molar-refractivity contribution in [2.75, 3.05) is 13.2 Å². The van der Waals surface area contributed by atoms with Crippen LogP contribution in [0, 0.1) is 0 Å². The lowest BCUT2D eigenvalue weighted by atomic mass is 10.1. The Labute approximate surface area is 194 Å². The minimum Gasteiger partial charge on any atom is -0.462 e. The van der Waals surface area contributed by atoms with Gasteiger partial charge in [-0.2, -0.15) is 0 Å². The first-order valence-corrected chi connectivity index (χ1v) is 13.9. The molecule has 0 aliphatic carbocycles. The number of hydrogen-bond acceptors (Lipinski definition) is 6. The smallest absolute Gasteiger partial charge is 0.462 e. The van der Waals surface area contributed by atoms with E-state index in [0.29, 0.717) is 6.42 Å². The normalized spacial score (nSPS) is 12.5. The Morgan fingerprint density at radius 2 is 1.12 bits per heavy atom. The number of hydrogen-bond donors (Lipinski definition) is 2. The van der Waals surface area contributed by atoms with Crippen molar-refractivity contribution in [3.05, 3.63) is 0 Å². The average molecular weight is 481 g/mol. The van der Waals surface area contributed by atoms with E-state index in [4.69, 9.17) is 19.3 Å². The number of rotatable bonds is 22. The zero-order valence-corrected chi connectivity index (χ0v) is 21.0. The molecule has 0 rings (SSSR count). The molecule has 1 atom stereocenters. The van der Waals surface area contributed by atoms with Crippen LogP contribution in [0.1, 0.15) is 117 Å². The number of phosphoric ester groups is 1. The number of carbonyl (C=O) groups is 2. The van der Waals surface area contributed by atoms with Crippen LogP contribution < -0.4 is 0 Å². The lowest BCUT2D eigenvalue weighted by Crippen LogP contribution is -2.29. The summed E-state index contributed by atoms with van der Waals surface area (Å²) in [6.07, 6.45) is 14.6. The fourth-order valence-electron chi connectivity index (χ4n) is 3.25. The van der Waals surface area contributed by atoms with Gasteiger partial charge in [-0.3, -0.25) is 14.1 Å². The van der Waals surface area contributed by atoms with Gasteiger partial charge in [0.1, 0.15) is 6.61 Å². The highest BCUT2D eigenvalue weighted by atomic mass is 31.2.